The molecule has 0 saturated carbocycles. The molecule has 0 aromatic carbocycles. The maximum Gasteiger partial charge on any atom is 0.145 e. The summed E-state index contributed by atoms with van der Waals surface area (Å²) in [4.78, 5) is 8.41. The molecule has 0 fully saturated rings. The van der Waals surface area contributed by atoms with Crippen molar-refractivity contribution in [3.8, 4) is 0 Å². The largest absolute Gasteiger partial charge is 0.366 e. The third kappa shape index (κ3) is 2.57. The van der Waals surface area contributed by atoms with Crippen LogP contribution in [0.25, 0.3) is 0 Å². The average Bonchev–Trinajstić information content (AvgIpc) is 2.67. The van der Waals surface area contributed by atoms with Gasteiger partial charge in [-0.05, 0) is 13.8 Å². The van der Waals surface area contributed by atoms with Crippen molar-refractivity contribution in [3.63, 3.8) is 0 Å². The van der Waals surface area contributed by atoms with E-state index in [0.29, 0.717) is 18.2 Å². The number of nitrogens with one attached hydrogen (secondary N) is 2. The van der Waals surface area contributed by atoms with Gasteiger partial charge in [0.25, 0.3) is 0 Å². The normalized spacial score (nSPS) is 10.4. The second kappa shape index (κ2) is 5.01. The zero-order valence-electron chi connectivity index (χ0n) is 10.7. The van der Waals surface area contributed by atoms with Crippen LogP contribution in [-0.4, -0.2) is 19.7 Å². The summed E-state index contributed by atoms with van der Waals surface area (Å²) in [5.74, 6) is 7.33. The van der Waals surface area contributed by atoms with Gasteiger partial charge < -0.3 is 10.7 Å². The Labute approximate surface area is 105 Å². The van der Waals surface area contributed by atoms with Gasteiger partial charge in [-0.3, -0.25) is 4.68 Å². The topological polar surface area (TPSA) is 93.7 Å². The predicted molar refractivity (Wildman–Crippen MR) is 69.9 cm³/mol. The molecule has 2 rings (SSSR count). The summed E-state index contributed by atoms with van der Waals surface area (Å²) in [5.41, 5.74) is 4.78. The molecule has 7 heteroatoms. The second-order valence-electron chi connectivity index (χ2n) is 4.06. The molecule has 96 valence electrons. The highest BCUT2D eigenvalue weighted by molar-refractivity contribution is 5.47. The van der Waals surface area contributed by atoms with Gasteiger partial charge >= 0.3 is 0 Å². The fourth-order valence-electron chi connectivity index (χ4n) is 1.64. The van der Waals surface area contributed by atoms with Gasteiger partial charge in [0.05, 0.1) is 6.20 Å². The van der Waals surface area contributed by atoms with E-state index in [2.05, 4.69) is 25.8 Å². The molecule has 4 N–H and O–H groups in total. The highest BCUT2D eigenvalue weighted by atomic mass is 15.3. The highest BCUT2D eigenvalue weighted by Gasteiger charge is 2.05. The van der Waals surface area contributed by atoms with Crippen molar-refractivity contribution in [2.75, 3.05) is 10.7 Å². The fourth-order valence-corrected chi connectivity index (χ4v) is 1.64. The smallest absolute Gasteiger partial charge is 0.145 e. The molecule has 0 amide bonds. The third-order valence-corrected chi connectivity index (χ3v) is 2.78. The minimum absolute atomic E-state index is 0.591. The number of anilines is 2. The molecule has 0 bridgehead atoms. The number of nitrogens with zero attached hydrogens (tertiary/aromatic N) is 4. The van der Waals surface area contributed by atoms with E-state index in [9.17, 15) is 0 Å². The van der Waals surface area contributed by atoms with Crippen molar-refractivity contribution in [1.82, 2.24) is 19.7 Å². The van der Waals surface area contributed by atoms with Gasteiger partial charge in [0.2, 0.25) is 0 Å². The fraction of sp³-hybridized carbons (Fsp3) is 0.364. The van der Waals surface area contributed by atoms with Gasteiger partial charge in [0, 0.05) is 30.9 Å². The van der Waals surface area contributed by atoms with Crippen LogP contribution in [0.1, 0.15) is 17.1 Å². The van der Waals surface area contributed by atoms with Crippen LogP contribution in [0.4, 0.5) is 11.6 Å². The summed E-state index contributed by atoms with van der Waals surface area (Å²) in [6, 6.07) is 1.76. The lowest BCUT2D eigenvalue weighted by Crippen LogP contribution is -2.11. The molecule has 7 nitrogen and oxygen atoms in total. The number of hydrogen-bond acceptors (Lipinski definition) is 6. The molecule has 0 aliphatic carbocycles. The van der Waals surface area contributed by atoms with E-state index in [-0.39, 0.29) is 0 Å². The molecular weight excluding hydrogens is 230 g/mol. The Morgan fingerprint density at radius 3 is 2.61 bits per heavy atom. The van der Waals surface area contributed by atoms with Crippen molar-refractivity contribution in [2.45, 2.75) is 20.4 Å². The Morgan fingerprint density at radius 1 is 1.28 bits per heavy atom. The van der Waals surface area contributed by atoms with Crippen LogP contribution in [-0.2, 0) is 13.6 Å². The predicted octanol–water partition coefficient (Wildman–Crippen LogP) is 0.725. The molecule has 0 radical (unpaired) electrons. The van der Waals surface area contributed by atoms with Crippen molar-refractivity contribution in [1.29, 1.82) is 0 Å². The quantitative estimate of drug-likeness (QED) is 0.544. The Hall–Kier alpha value is -2.15. The Bertz CT molecular complexity index is 546. The molecule has 0 spiro atoms. The van der Waals surface area contributed by atoms with E-state index in [0.717, 1.165) is 17.1 Å². The molecule has 2 aromatic heterocycles. The van der Waals surface area contributed by atoms with E-state index in [1.807, 2.05) is 31.8 Å². The molecule has 18 heavy (non-hydrogen) atoms. The number of aryl methyl sites for hydroxylation is 2. The van der Waals surface area contributed by atoms with Gasteiger partial charge in [0.1, 0.15) is 17.5 Å². The number of hydrogen-bond donors (Lipinski definition) is 3. The van der Waals surface area contributed by atoms with E-state index in [1.54, 1.807) is 6.07 Å². The molecule has 0 unspecified atom stereocenters. The average molecular weight is 247 g/mol. The zero-order valence-corrected chi connectivity index (χ0v) is 10.7. The summed E-state index contributed by atoms with van der Waals surface area (Å²) in [6.45, 7) is 4.52. The summed E-state index contributed by atoms with van der Waals surface area (Å²) >= 11 is 0. The van der Waals surface area contributed by atoms with Crippen LogP contribution in [0.3, 0.4) is 0 Å². The first-order valence-electron chi connectivity index (χ1n) is 5.64. The van der Waals surface area contributed by atoms with E-state index in [1.165, 1.54) is 0 Å². The first kappa shape index (κ1) is 12.3. The van der Waals surface area contributed by atoms with Crippen LogP contribution in [0.15, 0.2) is 12.3 Å². The lowest BCUT2D eigenvalue weighted by molar-refractivity contribution is 0.738. The summed E-state index contributed by atoms with van der Waals surface area (Å²) in [6.07, 6.45) is 1.85. The second-order valence-corrected chi connectivity index (χ2v) is 4.06. The Kier molecular flexibility index (Phi) is 3.42. The molecule has 0 atom stereocenters. The van der Waals surface area contributed by atoms with Crippen LogP contribution < -0.4 is 16.6 Å². The molecule has 0 saturated heterocycles. The van der Waals surface area contributed by atoms with Crippen LogP contribution in [0.2, 0.25) is 0 Å². The van der Waals surface area contributed by atoms with Crippen molar-refractivity contribution in [3.05, 3.63) is 29.3 Å². The summed E-state index contributed by atoms with van der Waals surface area (Å²) < 4.78 is 1.84. The van der Waals surface area contributed by atoms with Crippen molar-refractivity contribution in [2.24, 2.45) is 12.9 Å². The van der Waals surface area contributed by atoms with Gasteiger partial charge in [-0.15, -0.1) is 0 Å². The van der Waals surface area contributed by atoms with E-state index < -0.39 is 0 Å². The minimum Gasteiger partial charge on any atom is -0.366 e. The van der Waals surface area contributed by atoms with Crippen LogP contribution >= 0.6 is 0 Å². The van der Waals surface area contributed by atoms with Crippen molar-refractivity contribution < 1.29 is 0 Å². The van der Waals surface area contributed by atoms with Crippen LogP contribution in [0, 0.1) is 13.8 Å². The standard InChI is InChI=1S/C11H17N7/c1-7-9(6-14-18(7)3)5-13-10-4-11(17-12)16-8(2)15-10/h4,6H,5,12H2,1-3H3,(H2,13,15,16,17). The first-order chi connectivity index (χ1) is 8.60. The first-order valence-corrected chi connectivity index (χ1v) is 5.64. The number of rotatable bonds is 4. The highest BCUT2D eigenvalue weighted by Crippen LogP contribution is 2.12. The maximum absolute atomic E-state index is 5.34. The lowest BCUT2D eigenvalue weighted by Gasteiger charge is -2.08. The molecule has 2 aromatic rings. The lowest BCUT2D eigenvalue weighted by atomic mass is 10.2. The SMILES string of the molecule is Cc1nc(NN)cc(NCc2cnn(C)c2C)n1. The number of aromatic nitrogens is 4. The maximum atomic E-state index is 5.34. The minimum atomic E-state index is 0.591. The Balaban J connectivity index is 2.10. The van der Waals surface area contributed by atoms with Crippen molar-refractivity contribution >= 4 is 11.6 Å². The van der Waals surface area contributed by atoms with E-state index >= 15 is 0 Å². The number of nitrogens with two attached hydrogens (primary N) is 1. The van der Waals surface area contributed by atoms with Gasteiger partial charge in [-0.1, -0.05) is 0 Å². The van der Waals surface area contributed by atoms with Gasteiger partial charge in [0.15, 0.2) is 0 Å². The van der Waals surface area contributed by atoms with E-state index in [4.69, 9.17) is 5.84 Å². The molecule has 0 aliphatic heterocycles. The number of nitrogen functional groups attached to an aromatic ring is 1. The molecular formula is C11H17N7. The summed E-state index contributed by atoms with van der Waals surface area (Å²) in [5, 5.41) is 7.42. The number of hydrazine groups is 1. The van der Waals surface area contributed by atoms with Gasteiger partial charge in [-0.2, -0.15) is 5.10 Å². The van der Waals surface area contributed by atoms with Crippen LogP contribution in [0.5, 0.6) is 0 Å². The third-order valence-electron chi connectivity index (χ3n) is 2.78. The molecule has 2 heterocycles. The molecule has 0 aliphatic rings. The summed E-state index contributed by atoms with van der Waals surface area (Å²) in [7, 11) is 1.92. The zero-order chi connectivity index (χ0) is 13.1. The Morgan fingerprint density at radius 2 is 2.00 bits per heavy atom. The van der Waals surface area contributed by atoms with Gasteiger partial charge in [-0.25, -0.2) is 15.8 Å². The monoisotopic (exact) mass is 247 g/mol.